The van der Waals surface area contributed by atoms with Crippen LogP contribution in [0.2, 0.25) is 0 Å². The number of nitrogens with zero attached hydrogens (tertiary/aromatic N) is 1. The van der Waals surface area contributed by atoms with Crippen LogP contribution in [0.25, 0.3) is 0 Å². The third-order valence-corrected chi connectivity index (χ3v) is 2.91. The van der Waals surface area contributed by atoms with Crippen LogP contribution in [0.15, 0.2) is 18.2 Å². The van der Waals surface area contributed by atoms with Gasteiger partial charge in [0, 0.05) is 13.0 Å². The van der Waals surface area contributed by atoms with Crippen LogP contribution in [-0.4, -0.2) is 6.54 Å². The van der Waals surface area contributed by atoms with Crippen LogP contribution in [-0.2, 0) is 19.4 Å². The van der Waals surface area contributed by atoms with E-state index in [0.717, 1.165) is 32.4 Å². The number of hydrogen-bond acceptors (Lipinski definition) is 2. The van der Waals surface area contributed by atoms with Crippen molar-refractivity contribution in [2.24, 2.45) is 0 Å². The summed E-state index contributed by atoms with van der Waals surface area (Å²) in [5, 5.41) is 11.9. The lowest BCUT2D eigenvalue weighted by Gasteiger charge is -2.17. The molecule has 0 spiro atoms. The maximum absolute atomic E-state index is 8.48. The molecule has 78 valence electrons. The van der Waals surface area contributed by atoms with Gasteiger partial charge in [-0.1, -0.05) is 18.2 Å². The molecule has 0 radical (unpaired) electrons. The van der Waals surface area contributed by atoms with E-state index in [1.54, 1.807) is 0 Å². The molecule has 0 unspecified atom stereocenters. The normalized spacial score (nSPS) is 14.3. The summed E-state index contributed by atoms with van der Waals surface area (Å²) >= 11 is 0. The van der Waals surface area contributed by atoms with Gasteiger partial charge in [-0.15, -0.1) is 0 Å². The Morgan fingerprint density at radius 2 is 2.27 bits per heavy atom. The third kappa shape index (κ3) is 2.57. The topological polar surface area (TPSA) is 35.8 Å². The molecule has 1 aliphatic heterocycles. The van der Waals surface area contributed by atoms with Crippen molar-refractivity contribution < 1.29 is 0 Å². The SMILES string of the molecule is N#CCCCc1ccc2c(c1)CNCC2. The molecule has 0 amide bonds. The number of nitriles is 1. The van der Waals surface area contributed by atoms with E-state index in [2.05, 4.69) is 29.6 Å². The molecule has 0 aliphatic carbocycles. The molecule has 0 aromatic heterocycles. The fourth-order valence-electron chi connectivity index (χ4n) is 2.06. The second-order valence-electron chi connectivity index (χ2n) is 4.04. The van der Waals surface area contributed by atoms with E-state index in [1.165, 1.54) is 16.7 Å². The molecule has 0 bridgehead atoms. The number of unbranched alkanes of at least 4 members (excludes halogenated alkanes) is 1. The highest BCUT2D eigenvalue weighted by Gasteiger charge is 2.08. The molecule has 1 heterocycles. The van der Waals surface area contributed by atoms with E-state index >= 15 is 0 Å². The Bertz CT molecular complexity index is 377. The van der Waals surface area contributed by atoms with Gasteiger partial charge in [0.25, 0.3) is 0 Å². The van der Waals surface area contributed by atoms with E-state index in [4.69, 9.17) is 5.26 Å². The molecule has 1 N–H and O–H groups in total. The number of rotatable bonds is 3. The Balaban J connectivity index is 2.04. The van der Waals surface area contributed by atoms with E-state index in [0.29, 0.717) is 6.42 Å². The number of benzene rings is 1. The van der Waals surface area contributed by atoms with Crippen molar-refractivity contribution in [3.8, 4) is 6.07 Å². The molecule has 0 fully saturated rings. The molecule has 0 saturated carbocycles. The molecule has 15 heavy (non-hydrogen) atoms. The van der Waals surface area contributed by atoms with Gasteiger partial charge in [0.05, 0.1) is 6.07 Å². The lowest BCUT2D eigenvalue weighted by atomic mass is 9.97. The summed E-state index contributed by atoms with van der Waals surface area (Å²) in [6, 6.07) is 8.94. The van der Waals surface area contributed by atoms with Gasteiger partial charge in [-0.05, 0) is 42.5 Å². The van der Waals surface area contributed by atoms with Crippen molar-refractivity contribution in [1.29, 1.82) is 5.26 Å². The average molecular weight is 200 g/mol. The molecular weight excluding hydrogens is 184 g/mol. The fourth-order valence-corrected chi connectivity index (χ4v) is 2.06. The van der Waals surface area contributed by atoms with Crippen molar-refractivity contribution in [3.63, 3.8) is 0 Å². The van der Waals surface area contributed by atoms with Crippen molar-refractivity contribution >= 4 is 0 Å². The van der Waals surface area contributed by atoms with Gasteiger partial charge in [0.15, 0.2) is 0 Å². The molecule has 2 nitrogen and oxygen atoms in total. The summed E-state index contributed by atoms with van der Waals surface area (Å²) < 4.78 is 0. The predicted molar refractivity (Wildman–Crippen MR) is 60.4 cm³/mol. The number of hydrogen-bond donors (Lipinski definition) is 1. The molecule has 1 aliphatic rings. The summed E-state index contributed by atoms with van der Waals surface area (Å²) in [6.45, 7) is 2.10. The Morgan fingerprint density at radius 3 is 3.13 bits per heavy atom. The summed E-state index contributed by atoms with van der Waals surface area (Å²) in [7, 11) is 0. The summed E-state index contributed by atoms with van der Waals surface area (Å²) in [5.74, 6) is 0. The highest BCUT2D eigenvalue weighted by atomic mass is 14.9. The Labute approximate surface area is 90.9 Å². The summed E-state index contributed by atoms with van der Waals surface area (Å²) in [5.41, 5.74) is 4.29. The first kappa shape index (κ1) is 10.2. The molecule has 2 heteroatoms. The van der Waals surface area contributed by atoms with Crippen molar-refractivity contribution in [2.75, 3.05) is 6.54 Å². The maximum atomic E-state index is 8.48. The van der Waals surface area contributed by atoms with Crippen molar-refractivity contribution in [2.45, 2.75) is 32.2 Å². The highest BCUT2D eigenvalue weighted by Crippen LogP contribution is 2.17. The standard InChI is InChI=1S/C13H16N2/c14-7-2-1-3-11-4-5-12-6-8-15-10-13(12)9-11/h4-5,9,15H,1-3,6,8,10H2. The minimum Gasteiger partial charge on any atom is -0.312 e. The minimum absolute atomic E-state index is 0.662. The van der Waals surface area contributed by atoms with Crippen molar-refractivity contribution in [3.05, 3.63) is 34.9 Å². The van der Waals surface area contributed by atoms with Crippen molar-refractivity contribution in [1.82, 2.24) is 5.32 Å². The second-order valence-corrected chi connectivity index (χ2v) is 4.04. The molecule has 1 aromatic carbocycles. The van der Waals surface area contributed by atoms with Gasteiger partial charge in [0.1, 0.15) is 0 Å². The zero-order chi connectivity index (χ0) is 10.5. The van der Waals surface area contributed by atoms with Crippen LogP contribution in [0.1, 0.15) is 29.5 Å². The van der Waals surface area contributed by atoms with Crippen LogP contribution in [0.5, 0.6) is 0 Å². The first-order valence-electron chi connectivity index (χ1n) is 5.58. The van der Waals surface area contributed by atoms with Gasteiger partial charge in [-0.2, -0.15) is 5.26 Å². The maximum Gasteiger partial charge on any atom is 0.0621 e. The lowest BCUT2D eigenvalue weighted by molar-refractivity contribution is 0.642. The second kappa shape index (κ2) is 4.95. The lowest BCUT2D eigenvalue weighted by Crippen LogP contribution is -2.23. The number of aryl methyl sites for hydroxylation is 1. The Kier molecular flexibility index (Phi) is 3.37. The Hall–Kier alpha value is -1.33. The highest BCUT2D eigenvalue weighted by molar-refractivity contribution is 5.33. The number of nitrogens with one attached hydrogen (secondary N) is 1. The van der Waals surface area contributed by atoms with Crippen LogP contribution < -0.4 is 5.32 Å². The van der Waals surface area contributed by atoms with Crippen LogP contribution in [0, 0.1) is 11.3 Å². The fraction of sp³-hybridized carbons (Fsp3) is 0.462. The smallest absolute Gasteiger partial charge is 0.0621 e. The van der Waals surface area contributed by atoms with Gasteiger partial charge >= 0.3 is 0 Å². The minimum atomic E-state index is 0.662. The molecule has 0 atom stereocenters. The van der Waals surface area contributed by atoms with Crippen LogP contribution >= 0.6 is 0 Å². The summed E-state index contributed by atoms with van der Waals surface area (Å²) in [6.07, 6.45) is 3.81. The first-order valence-corrected chi connectivity index (χ1v) is 5.58. The van der Waals surface area contributed by atoms with Gasteiger partial charge < -0.3 is 5.32 Å². The molecular formula is C13H16N2. The zero-order valence-electron chi connectivity index (χ0n) is 8.92. The largest absolute Gasteiger partial charge is 0.312 e. The average Bonchev–Trinajstić information content (AvgIpc) is 2.29. The van der Waals surface area contributed by atoms with Crippen LogP contribution in [0.3, 0.4) is 0 Å². The van der Waals surface area contributed by atoms with E-state index in [-0.39, 0.29) is 0 Å². The quantitative estimate of drug-likeness (QED) is 0.759. The first-order chi connectivity index (χ1) is 7.40. The van der Waals surface area contributed by atoms with Crippen LogP contribution in [0.4, 0.5) is 0 Å². The van der Waals surface area contributed by atoms with Gasteiger partial charge in [-0.3, -0.25) is 0 Å². The van der Waals surface area contributed by atoms with E-state index in [1.807, 2.05) is 0 Å². The molecule has 0 saturated heterocycles. The predicted octanol–water partition coefficient (Wildman–Crippen LogP) is 2.18. The molecule has 1 aromatic rings. The van der Waals surface area contributed by atoms with E-state index < -0.39 is 0 Å². The summed E-state index contributed by atoms with van der Waals surface area (Å²) in [4.78, 5) is 0. The molecule has 2 rings (SSSR count). The monoisotopic (exact) mass is 200 g/mol. The van der Waals surface area contributed by atoms with E-state index in [9.17, 15) is 0 Å². The van der Waals surface area contributed by atoms with Gasteiger partial charge in [0.2, 0.25) is 0 Å². The zero-order valence-corrected chi connectivity index (χ0v) is 8.92. The third-order valence-electron chi connectivity index (χ3n) is 2.91. The number of fused-ring (bicyclic) bond motifs is 1. The van der Waals surface area contributed by atoms with Gasteiger partial charge in [-0.25, -0.2) is 0 Å². The Morgan fingerprint density at radius 1 is 1.33 bits per heavy atom.